The van der Waals surface area contributed by atoms with Crippen molar-refractivity contribution in [2.45, 2.75) is 0 Å². The summed E-state index contributed by atoms with van der Waals surface area (Å²) in [6, 6.07) is 58.1. The third-order valence-electron chi connectivity index (χ3n) is 9.00. The summed E-state index contributed by atoms with van der Waals surface area (Å²) in [6.45, 7) is 0. The second kappa shape index (κ2) is 9.03. The normalized spacial score (nSPS) is 11.8. The van der Waals surface area contributed by atoms with Crippen LogP contribution >= 0.6 is 0 Å². The lowest BCUT2D eigenvalue weighted by molar-refractivity contribution is 1.68. The van der Waals surface area contributed by atoms with Gasteiger partial charge in [-0.15, -0.1) is 0 Å². The van der Waals surface area contributed by atoms with Crippen LogP contribution in [0.2, 0.25) is 0 Å². The van der Waals surface area contributed by atoms with Crippen molar-refractivity contribution in [3.05, 3.63) is 158 Å². The smallest absolute Gasteiger partial charge is 0.00928 e. The van der Waals surface area contributed by atoms with Crippen molar-refractivity contribution in [2.24, 2.45) is 0 Å². The topological polar surface area (TPSA) is 0 Å². The summed E-state index contributed by atoms with van der Waals surface area (Å²) >= 11 is 0. The molecule has 0 aliphatic carbocycles. The standard InChI is InChI=1S/C42H26/c1-3-11-33-27(9-1)21-22-39-36-14-6-8-16-38(36)41(26-42(33)39)32-20-18-28-23-31(19-17-29(28)24-32)40-25-30-10-2-4-12-34(30)35-13-5-7-15-37(35)40/h1-26H. The predicted octanol–water partition coefficient (Wildman–Crippen LogP) is 11.9. The molecule has 0 amide bonds. The van der Waals surface area contributed by atoms with Gasteiger partial charge in [0, 0.05) is 0 Å². The molecular formula is C42H26. The fourth-order valence-electron chi connectivity index (χ4n) is 6.97. The van der Waals surface area contributed by atoms with E-state index in [9.17, 15) is 0 Å². The van der Waals surface area contributed by atoms with Gasteiger partial charge in [0.05, 0.1) is 0 Å². The third kappa shape index (κ3) is 3.49. The number of benzene rings is 9. The van der Waals surface area contributed by atoms with E-state index in [4.69, 9.17) is 0 Å². The van der Waals surface area contributed by atoms with E-state index in [1.807, 2.05) is 0 Å². The van der Waals surface area contributed by atoms with Crippen LogP contribution in [-0.4, -0.2) is 0 Å². The Morgan fingerprint density at radius 1 is 0.214 bits per heavy atom. The summed E-state index contributed by atoms with van der Waals surface area (Å²) in [5, 5.41) is 15.5. The second-order valence-electron chi connectivity index (χ2n) is 11.3. The SMILES string of the molecule is c1ccc2c(c1)cc(-c1ccc3cc(-c4cc5c6ccccc6ccc5c5ccccc45)ccc3c1)c1ccccc12. The third-order valence-corrected chi connectivity index (χ3v) is 9.00. The van der Waals surface area contributed by atoms with E-state index in [0.29, 0.717) is 0 Å². The maximum absolute atomic E-state index is 2.40. The molecule has 0 aromatic heterocycles. The Kier molecular flexibility index (Phi) is 5.00. The summed E-state index contributed by atoms with van der Waals surface area (Å²) in [7, 11) is 0. The van der Waals surface area contributed by atoms with E-state index in [0.717, 1.165) is 0 Å². The molecule has 42 heavy (non-hydrogen) atoms. The van der Waals surface area contributed by atoms with Gasteiger partial charge in [0.2, 0.25) is 0 Å². The molecular weight excluding hydrogens is 504 g/mol. The largest absolute Gasteiger partial charge is 0.0616 e. The van der Waals surface area contributed by atoms with E-state index in [2.05, 4.69) is 158 Å². The maximum Gasteiger partial charge on any atom is -0.00928 e. The molecule has 0 spiro atoms. The van der Waals surface area contributed by atoms with E-state index in [1.54, 1.807) is 0 Å². The first-order chi connectivity index (χ1) is 20.8. The summed E-state index contributed by atoms with van der Waals surface area (Å²) in [5.41, 5.74) is 5.06. The highest BCUT2D eigenvalue weighted by atomic mass is 14.2. The highest BCUT2D eigenvalue weighted by Crippen LogP contribution is 2.40. The first-order valence-electron chi connectivity index (χ1n) is 14.6. The van der Waals surface area contributed by atoms with E-state index in [-0.39, 0.29) is 0 Å². The molecule has 194 valence electrons. The van der Waals surface area contributed by atoms with Crippen LogP contribution < -0.4 is 0 Å². The average Bonchev–Trinajstić information content (AvgIpc) is 3.07. The Bertz CT molecular complexity index is 2510. The van der Waals surface area contributed by atoms with Crippen LogP contribution in [0.4, 0.5) is 0 Å². The Hall–Kier alpha value is -5.46. The van der Waals surface area contributed by atoms with Crippen molar-refractivity contribution < 1.29 is 0 Å². The molecule has 0 radical (unpaired) electrons. The van der Waals surface area contributed by atoms with Crippen LogP contribution in [-0.2, 0) is 0 Å². The van der Waals surface area contributed by atoms with Gasteiger partial charge in [-0.1, -0.05) is 133 Å². The van der Waals surface area contributed by atoms with Crippen molar-refractivity contribution in [1.29, 1.82) is 0 Å². The lowest BCUT2D eigenvalue weighted by Gasteiger charge is -2.14. The highest BCUT2D eigenvalue weighted by molar-refractivity contribution is 6.21. The van der Waals surface area contributed by atoms with E-state index < -0.39 is 0 Å². The summed E-state index contributed by atoms with van der Waals surface area (Å²) in [4.78, 5) is 0. The van der Waals surface area contributed by atoms with E-state index >= 15 is 0 Å². The van der Waals surface area contributed by atoms with Crippen molar-refractivity contribution in [3.8, 4) is 22.3 Å². The lowest BCUT2D eigenvalue weighted by Crippen LogP contribution is -1.87. The van der Waals surface area contributed by atoms with Crippen molar-refractivity contribution >= 4 is 64.6 Å². The zero-order valence-electron chi connectivity index (χ0n) is 23.0. The van der Waals surface area contributed by atoms with Gasteiger partial charge in [0.25, 0.3) is 0 Å². The molecule has 9 aromatic carbocycles. The summed E-state index contributed by atoms with van der Waals surface area (Å²) in [6.07, 6.45) is 0. The summed E-state index contributed by atoms with van der Waals surface area (Å²) in [5.74, 6) is 0. The quantitative estimate of drug-likeness (QED) is 0.195. The molecule has 0 aliphatic rings. The fourth-order valence-corrected chi connectivity index (χ4v) is 6.97. The van der Waals surface area contributed by atoms with Gasteiger partial charge in [-0.2, -0.15) is 0 Å². The average molecular weight is 531 g/mol. The Morgan fingerprint density at radius 2 is 0.643 bits per heavy atom. The van der Waals surface area contributed by atoms with Crippen LogP contribution in [0.1, 0.15) is 0 Å². The monoisotopic (exact) mass is 530 g/mol. The minimum absolute atomic E-state index is 1.25. The van der Waals surface area contributed by atoms with Crippen LogP contribution in [0.5, 0.6) is 0 Å². The second-order valence-corrected chi connectivity index (χ2v) is 11.3. The predicted molar refractivity (Wildman–Crippen MR) is 182 cm³/mol. The van der Waals surface area contributed by atoms with Crippen LogP contribution in [0.15, 0.2) is 158 Å². The minimum Gasteiger partial charge on any atom is -0.0616 e. The number of rotatable bonds is 2. The molecule has 9 aromatic rings. The van der Waals surface area contributed by atoms with Crippen LogP contribution in [0.3, 0.4) is 0 Å². The van der Waals surface area contributed by atoms with E-state index in [1.165, 1.54) is 86.9 Å². The van der Waals surface area contributed by atoms with Gasteiger partial charge in [-0.3, -0.25) is 0 Å². The number of fused-ring (bicyclic) bond motifs is 9. The molecule has 0 heteroatoms. The molecule has 0 fully saturated rings. The maximum atomic E-state index is 2.40. The fraction of sp³-hybridized carbons (Fsp3) is 0. The first kappa shape index (κ1) is 23.3. The highest BCUT2D eigenvalue weighted by Gasteiger charge is 2.13. The Balaban J connectivity index is 1.24. The van der Waals surface area contributed by atoms with Crippen molar-refractivity contribution in [2.75, 3.05) is 0 Å². The van der Waals surface area contributed by atoms with Crippen molar-refractivity contribution in [3.63, 3.8) is 0 Å². The zero-order valence-corrected chi connectivity index (χ0v) is 23.0. The molecule has 0 nitrogen and oxygen atoms in total. The molecule has 0 atom stereocenters. The molecule has 0 unspecified atom stereocenters. The van der Waals surface area contributed by atoms with Crippen LogP contribution in [0, 0.1) is 0 Å². The Labute approximate surface area is 244 Å². The molecule has 0 N–H and O–H groups in total. The van der Waals surface area contributed by atoms with Crippen molar-refractivity contribution in [1.82, 2.24) is 0 Å². The minimum atomic E-state index is 1.25. The Morgan fingerprint density at radius 3 is 1.29 bits per heavy atom. The molecule has 9 rings (SSSR count). The molecule has 0 aliphatic heterocycles. The van der Waals surface area contributed by atoms with Gasteiger partial charge < -0.3 is 0 Å². The molecule has 0 saturated heterocycles. The van der Waals surface area contributed by atoms with Gasteiger partial charge in [-0.25, -0.2) is 0 Å². The molecule has 0 heterocycles. The molecule has 0 saturated carbocycles. The first-order valence-corrected chi connectivity index (χ1v) is 14.6. The van der Waals surface area contributed by atoms with Gasteiger partial charge in [0.1, 0.15) is 0 Å². The molecule has 0 bridgehead atoms. The number of hydrogen-bond donors (Lipinski definition) is 0. The zero-order chi connectivity index (χ0) is 27.6. The van der Waals surface area contributed by atoms with Gasteiger partial charge in [-0.05, 0) is 111 Å². The van der Waals surface area contributed by atoms with Gasteiger partial charge >= 0.3 is 0 Å². The van der Waals surface area contributed by atoms with Gasteiger partial charge in [0.15, 0.2) is 0 Å². The lowest BCUT2D eigenvalue weighted by atomic mass is 9.89. The van der Waals surface area contributed by atoms with Crippen LogP contribution in [0.25, 0.3) is 86.9 Å². The number of hydrogen-bond acceptors (Lipinski definition) is 0. The summed E-state index contributed by atoms with van der Waals surface area (Å²) < 4.78 is 0.